The third kappa shape index (κ3) is 2.93. The molecule has 3 heterocycles. The van der Waals surface area contributed by atoms with Gasteiger partial charge in [-0.2, -0.15) is 18.4 Å². The van der Waals surface area contributed by atoms with Gasteiger partial charge in [-0.15, -0.1) is 0 Å². The number of ether oxygens (including phenoxy) is 1. The number of nitriles is 1. The normalized spacial score (nSPS) is 18.2. The molecule has 1 atom stereocenters. The first kappa shape index (κ1) is 18.3. The van der Waals surface area contributed by atoms with Crippen LogP contribution in [0, 0.1) is 18.3 Å². The van der Waals surface area contributed by atoms with Crippen molar-refractivity contribution in [2.24, 2.45) is 5.73 Å². The molecule has 3 rings (SSSR count). The Morgan fingerprint density at radius 1 is 1.54 bits per heavy atom. The molecule has 26 heavy (non-hydrogen) atoms. The van der Waals surface area contributed by atoms with E-state index >= 15 is 0 Å². The van der Waals surface area contributed by atoms with Crippen LogP contribution in [0.3, 0.4) is 0 Å². The molecule has 1 saturated heterocycles. The highest BCUT2D eigenvalue weighted by atomic mass is 35.5. The Morgan fingerprint density at radius 3 is 2.81 bits per heavy atom. The van der Waals surface area contributed by atoms with E-state index in [1.54, 1.807) is 13.0 Å². The lowest BCUT2D eigenvalue weighted by atomic mass is 10.1. The molecular weight excluding hydrogens is 375 g/mol. The molecule has 0 saturated carbocycles. The van der Waals surface area contributed by atoms with E-state index in [4.69, 9.17) is 22.1 Å². The van der Waals surface area contributed by atoms with E-state index in [9.17, 15) is 23.2 Å². The number of fused-ring (bicyclic) bond motifs is 1. The molecule has 11 heteroatoms. The van der Waals surface area contributed by atoms with E-state index in [1.165, 1.54) is 4.90 Å². The summed E-state index contributed by atoms with van der Waals surface area (Å²) < 4.78 is 45.6. The van der Waals surface area contributed by atoms with Crippen molar-refractivity contribution in [3.63, 3.8) is 0 Å². The van der Waals surface area contributed by atoms with E-state index in [-0.39, 0.29) is 41.4 Å². The Bertz CT molecular complexity index is 934. The van der Waals surface area contributed by atoms with Crippen molar-refractivity contribution in [3.8, 4) is 6.07 Å². The zero-order valence-electron chi connectivity index (χ0n) is 13.4. The maximum atomic E-state index is 13.5. The van der Waals surface area contributed by atoms with Gasteiger partial charge in [0.15, 0.2) is 11.8 Å². The number of hydrogen-bond donors (Lipinski definition) is 2. The summed E-state index contributed by atoms with van der Waals surface area (Å²) >= 11 is 6.09. The van der Waals surface area contributed by atoms with Gasteiger partial charge in [-0.1, -0.05) is 11.6 Å². The SMILES string of the molecule is Cc1[nH]c2c(N3CCOC(C(N)=O)C3)c(C#N)c(C(F)(F)F)nc2c1Cl. The number of halogens is 4. The fourth-order valence-corrected chi connectivity index (χ4v) is 3.11. The molecule has 138 valence electrons. The number of amides is 1. The zero-order chi connectivity index (χ0) is 19.2. The monoisotopic (exact) mass is 387 g/mol. The highest BCUT2D eigenvalue weighted by molar-refractivity contribution is 6.36. The van der Waals surface area contributed by atoms with Gasteiger partial charge in [0.05, 0.1) is 29.4 Å². The van der Waals surface area contributed by atoms with E-state index in [0.717, 1.165) is 0 Å². The number of alkyl halides is 3. The van der Waals surface area contributed by atoms with Gasteiger partial charge in [-0.25, -0.2) is 4.98 Å². The van der Waals surface area contributed by atoms with Crippen molar-refractivity contribution >= 4 is 34.2 Å². The van der Waals surface area contributed by atoms with Crippen LogP contribution in [-0.4, -0.2) is 41.7 Å². The van der Waals surface area contributed by atoms with Gasteiger partial charge in [0.1, 0.15) is 17.1 Å². The van der Waals surface area contributed by atoms with Crippen molar-refractivity contribution in [2.75, 3.05) is 24.6 Å². The molecule has 2 aromatic heterocycles. The Balaban J connectivity index is 2.30. The van der Waals surface area contributed by atoms with Crippen LogP contribution in [0.1, 0.15) is 17.0 Å². The molecule has 0 bridgehead atoms. The summed E-state index contributed by atoms with van der Waals surface area (Å²) in [6, 6.07) is 1.59. The predicted molar refractivity (Wildman–Crippen MR) is 86.7 cm³/mol. The molecule has 3 N–H and O–H groups in total. The number of nitrogens with one attached hydrogen (secondary N) is 1. The molecule has 1 unspecified atom stereocenters. The van der Waals surface area contributed by atoms with Crippen molar-refractivity contribution in [1.82, 2.24) is 9.97 Å². The summed E-state index contributed by atoms with van der Waals surface area (Å²) in [5.41, 5.74) is 3.77. The van der Waals surface area contributed by atoms with Gasteiger partial charge in [-0.05, 0) is 6.92 Å². The smallest absolute Gasteiger partial charge is 0.367 e. The van der Waals surface area contributed by atoms with Crippen LogP contribution < -0.4 is 10.6 Å². The molecule has 7 nitrogen and oxygen atoms in total. The van der Waals surface area contributed by atoms with Gasteiger partial charge >= 0.3 is 6.18 Å². The Kier molecular flexibility index (Phi) is 4.46. The molecular formula is C15H13ClF3N5O2. The lowest BCUT2D eigenvalue weighted by Gasteiger charge is -2.34. The van der Waals surface area contributed by atoms with Gasteiger partial charge in [0, 0.05) is 12.2 Å². The second kappa shape index (κ2) is 6.34. The maximum Gasteiger partial charge on any atom is 0.434 e. The number of carbonyl (C=O) groups excluding carboxylic acids is 1. The quantitative estimate of drug-likeness (QED) is 0.820. The Hall–Kier alpha value is -2.51. The number of primary amides is 1. The van der Waals surface area contributed by atoms with Crippen LogP contribution in [-0.2, 0) is 15.7 Å². The molecule has 1 aliphatic rings. The molecule has 2 aromatic rings. The molecule has 1 amide bonds. The maximum absolute atomic E-state index is 13.5. The first-order valence-corrected chi connectivity index (χ1v) is 7.87. The van der Waals surface area contributed by atoms with E-state index in [0.29, 0.717) is 5.69 Å². The van der Waals surface area contributed by atoms with Crippen molar-refractivity contribution < 1.29 is 22.7 Å². The fraction of sp³-hybridized carbons (Fsp3) is 0.400. The lowest BCUT2D eigenvalue weighted by Crippen LogP contribution is -2.48. The topological polar surface area (TPSA) is 108 Å². The number of aromatic amines is 1. The summed E-state index contributed by atoms with van der Waals surface area (Å²) in [6.45, 7) is 1.73. The molecule has 1 fully saturated rings. The highest BCUT2D eigenvalue weighted by Crippen LogP contribution is 2.41. The number of nitrogens with two attached hydrogens (primary N) is 1. The Morgan fingerprint density at radius 2 is 2.23 bits per heavy atom. The number of anilines is 1. The number of hydrogen-bond acceptors (Lipinski definition) is 5. The minimum Gasteiger partial charge on any atom is -0.367 e. The van der Waals surface area contributed by atoms with Crippen LogP contribution in [0.15, 0.2) is 0 Å². The first-order valence-electron chi connectivity index (χ1n) is 7.50. The molecule has 0 aromatic carbocycles. The van der Waals surface area contributed by atoms with Crippen LogP contribution in [0.4, 0.5) is 18.9 Å². The summed E-state index contributed by atoms with van der Waals surface area (Å²) in [7, 11) is 0. The summed E-state index contributed by atoms with van der Waals surface area (Å²) in [5, 5.41) is 9.46. The predicted octanol–water partition coefficient (Wildman–Crippen LogP) is 2.11. The summed E-state index contributed by atoms with van der Waals surface area (Å²) in [6.07, 6.45) is -5.85. The largest absolute Gasteiger partial charge is 0.434 e. The molecule has 0 spiro atoms. The first-order chi connectivity index (χ1) is 12.1. The minimum atomic E-state index is -4.85. The molecule has 0 aliphatic carbocycles. The van der Waals surface area contributed by atoms with Gasteiger partial charge in [0.2, 0.25) is 5.91 Å². The standard InChI is InChI=1S/C15H13ClF3N5O2/c1-6-9(16)10-11(22-6)12(7(4-20)13(23-10)15(17,18)19)24-2-3-26-8(5-24)14(21)25/h8,22H,2-3,5H2,1H3,(H2,21,25). The van der Waals surface area contributed by atoms with Gasteiger partial charge in [-0.3, -0.25) is 4.79 Å². The van der Waals surface area contributed by atoms with E-state index in [1.807, 2.05) is 0 Å². The lowest BCUT2D eigenvalue weighted by molar-refractivity contribution is -0.141. The third-order valence-electron chi connectivity index (χ3n) is 4.10. The number of H-pyrrole nitrogens is 1. The van der Waals surface area contributed by atoms with Crippen LogP contribution in [0.2, 0.25) is 5.02 Å². The number of aromatic nitrogens is 2. The third-order valence-corrected chi connectivity index (χ3v) is 4.56. The number of aryl methyl sites for hydroxylation is 1. The minimum absolute atomic E-state index is 0.0191. The number of nitrogens with zero attached hydrogens (tertiary/aromatic N) is 3. The average molecular weight is 388 g/mol. The molecule has 0 radical (unpaired) electrons. The number of carbonyl (C=O) groups is 1. The van der Waals surface area contributed by atoms with Crippen LogP contribution >= 0.6 is 11.6 Å². The second-order valence-corrected chi connectivity index (χ2v) is 6.17. The van der Waals surface area contributed by atoms with Crippen LogP contribution in [0.5, 0.6) is 0 Å². The van der Waals surface area contributed by atoms with Gasteiger partial charge in [0.25, 0.3) is 0 Å². The number of rotatable bonds is 2. The highest BCUT2D eigenvalue weighted by Gasteiger charge is 2.40. The van der Waals surface area contributed by atoms with Gasteiger partial charge < -0.3 is 20.4 Å². The van der Waals surface area contributed by atoms with Crippen molar-refractivity contribution in [2.45, 2.75) is 19.2 Å². The number of morpholine rings is 1. The second-order valence-electron chi connectivity index (χ2n) is 5.79. The fourth-order valence-electron chi connectivity index (χ4n) is 2.92. The van der Waals surface area contributed by atoms with E-state index < -0.39 is 29.4 Å². The van der Waals surface area contributed by atoms with Crippen LogP contribution in [0.25, 0.3) is 11.0 Å². The Labute approximate surface area is 150 Å². The summed E-state index contributed by atoms with van der Waals surface area (Å²) in [4.78, 5) is 19.3. The van der Waals surface area contributed by atoms with Crippen molar-refractivity contribution in [3.05, 3.63) is 22.0 Å². The zero-order valence-corrected chi connectivity index (χ0v) is 14.2. The van der Waals surface area contributed by atoms with E-state index in [2.05, 4.69) is 9.97 Å². The van der Waals surface area contributed by atoms with Crippen molar-refractivity contribution in [1.29, 1.82) is 5.26 Å². The molecule has 1 aliphatic heterocycles. The summed E-state index contributed by atoms with van der Waals surface area (Å²) in [5.74, 6) is -0.741. The number of pyridine rings is 1. The average Bonchev–Trinajstić information content (AvgIpc) is 2.86.